The Morgan fingerprint density at radius 2 is 2.04 bits per heavy atom. The Morgan fingerprint density at radius 1 is 1.25 bits per heavy atom. The highest BCUT2D eigenvalue weighted by Crippen LogP contribution is 2.18. The van der Waals surface area contributed by atoms with Gasteiger partial charge in [0, 0.05) is 43.3 Å². The van der Waals surface area contributed by atoms with E-state index < -0.39 is 5.91 Å². The fourth-order valence-electron chi connectivity index (χ4n) is 3.29. The predicted molar refractivity (Wildman–Crippen MR) is 104 cm³/mol. The van der Waals surface area contributed by atoms with E-state index in [4.69, 9.17) is 5.73 Å². The summed E-state index contributed by atoms with van der Waals surface area (Å²) in [7, 11) is 0. The molecule has 0 bridgehead atoms. The van der Waals surface area contributed by atoms with Gasteiger partial charge in [-0.05, 0) is 39.2 Å². The SMILES string of the molecule is Cc1nc2c(C(N)=O)cnn2c(C)c1CCC(=O)NCCCn1ccnc1C. The molecule has 3 aromatic heterocycles. The number of fused-ring (bicyclic) bond motifs is 1. The summed E-state index contributed by atoms with van der Waals surface area (Å²) in [6.45, 7) is 7.17. The van der Waals surface area contributed by atoms with E-state index in [1.165, 1.54) is 6.20 Å². The summed E-state index contributed by atoms with van der Waals surface area (Å²) in [5, 5.41) is 7.16. The molecule has 2 amide bonds. The van der Waals surface area contributed by atoms with Crippen molar-refractivity contribution < 1.29 is 9.59 Å². The second kappa shape index (κ2) is 8.20. The zero-order chi connectivity index (χ0) is 20.3. The predicted octanol–water partition coefficient (Wildman–Crippen LogP) is 1.09. The Balaban J connectivity index is 1.56. The summed E-state index contributed by atoms with van der Waals surface area (Å²) in [6, 6.07) is 0. The van der Waals surface area contributed by atoms with E-state index >= 15 is 0 Å². The van der Waals surface area contributed by atoms with Crippen molar-refractivity contribution >= 4 is 17.5 Å². The van der Waals surface area contributed by atoms with Gasteiger partial charge < -0.3 is 15.6 Å². The van der Waals surface area contributed by atoms with Gasteiger partial charge in [-0.1, -0.05) is 0 Å². The molecule has 148 valence electrons. The van der Waals surface area contributed by atoms with Crippen LogP contribution in [0.15, 0.2) is 18.6 Å². The van der Waals surface area contributed by atoms with E-state index in [1.54, 1.807) is 10.7 Å². The van der Waals surface area contributed by atoms with Crippen molar-refractivity contribution in [1.29, 1.82) is 0 Å². The molecule has 0 aliphatic heterocycles. The van der Waals surface area contributed by atoms with E-state index in [-0.39, 0.29) is 5.91 Å². The van der Waals surface area contributed by atoms with Crippen molar-refractivity contribution in [1.82, 2.24) is 29.5 Å². The molecular formula is C19H25N7O2. The highest BCUT2D eigenvalue weighted by Gasteiger charge is 2.17. The number of rotatable bonds is 8. The molecule has 9 nitrogen and oxygen atoms in total. The van der Waals surface area contributed by atoms with Gasteiger partial charge in [-0.15, -0.1) is 0 Å². The van der Waals surface area contributed by atoms with E-state index in [9.17, 15) is 9.59 Å². The number of hydrogen-bond donors (Lipinski definition) is 2. The third kappa shape index (κ3) is 4.03. The molecule has 0 fully saturated rings. The molecule has 0 unspecified atom stereocenters. The molecule has 0 radical (unpaired) electrons. The smallest absolute Gasteiger partial charge is 0.254 e. The fraction of sp³-hybridized carbons (Fsp3) is 0.421. The molecule has 0 saturated heterocycles. The van der Waals surface area contributed by atoms with Gasteiger partial charge in [0.2, 0.25) is 5.91 Å². The number of carbonyl (C=O) groups excluding carboxylic acids is 2. The largest absolute Gasteiger partial charge is 0.365 e. The standard InChI is InChI=1S/C19H25N7O2/c1-12-15(13(2)26-19(24-12)16(11-23-26)18(20)28)5-6-17(27)22-7-4-9-25-10-8-21-14(25)3/h8,10-11H,4-7,9H2,1-3H3,(H2,20,28)(H,22,27). The Morgan fingerprint density at radius 3 is 2.71 bits per heavy atom. The van der Waals surface area contributed by atoms with E-state index in [0.29, 0.717) is 30.6 Å². The lowest BCUT2D eigenvalue weighted by atomic mass is 10.1. The first kappa shape index (κ1) is 19.5. The van der Waals surface area contributed by atoms with Gasteiger partial charge in [0.05, 0.1) is 6.20 Å². The lowest BCUT2D eigenvalue weighted by Crippen LogP contribution is -2.25. The third-order valence-corrected chi connectivity index (χ3v) is 4.90. The van der Waals surface area contributed by atoms with E-state index in [0.717, 1.165) is 35.7 Å². The van der Waals surface area contributed by atoms with Crippen LogP contribution in [0, 0.1) is 20.8 Å². The van der Waals surface area contributed by atoms with Crippen molar-refractivity contribution in [3.05, 3.63) is 46.9 Å². The van der Waals surface area contributed by atoms with Crippen LogP contribution in [0.1, 0.15) is 46.0 Å². The maximum atomic E-state index is 12.2. The molecule has 9 heteroatoms. The average Bonchev–Trinajstić information content (AvgIpc) is 3.24. The van der Waals surface area contributed by atoms with Crippen molar-refractivity contribution in [2.75, 3.05) is 6.54 Å². The summed E-state index contributed by atoms with van der Waals surface area (Å²) in [5.41, 5.74) is 8.70. The van der Waals surface area contributed by atoms with Crippen LogP contribution in [-0.4, -0.2) is 42.5 Å². The Kier molecular flexibility index (Phi) is 5.72. The quantitative estimate of drug-likeness (QED) is 0.564. The number of nitrogens with zero attached hydrogens (tertiary/aromatic N) is 5. The van der Waals surface area contributed by atoms with Crippen LogP contribution in [0.4, 0.5) is 0 Å². The molecule has 0 aromatic carbocycles. The number of nitrogens with two attached hydrogens (primary N) is 1. The van der Waals surface area contributed by atoms with Crippen LogP contribution in [0.25, 0.3) is 5.65 Å². The second-order valence-corrected chi connectivity index (χ2v) is 6.79. The zero-order valence-electron chi connectivity index (χ0n) is 16.4. The van der Waals surface area contributed by atoms with Gasteiger partial charge >= 0.3 is 0 Å². The molecule has 3 N–H and O–H groups in total. The van der Waals surface area contributed by atoms with Crippen LogP contribution >= 0.6 is 0 Å². The molecule has 0 aliphatic carbocycles. The van der Waals surface area contributed by atoms with Crippen LogP contribution in [0.2, 0.25) is 0 Å². The molecule has 0 aliphatic rings. The van der Waals surface area contributed by atoms with Crippen LogP contribution in [-0.2, 0) is 17.8 Å². The minimum atomic E-state index is -0.556. The van der Waals surface area contributed by atoms with Crippen molar-refractivity contribution in [2.45, 2.75) is 46.6 Å². The minimum absolute atomic E-state index is 0.000426. The highest BCUT2D eigenvalue weighted by atomic mass is 16.1. The second-order valence-electron chi connectivity index (χ2n) is 6.79. The number of aryl methyl sites for hydroxylation is 4. The Hall–Kier alpha value is -3.23. The van der Waals surface area contributed by atoms with Crippen molar-refractivity contribution in [3.8, 4) is 0 Å². The van der Waals surface area contributed by atoms with Gasteiger partial charge in [0.15, 0.2) is 5.65 Å². The molecule has 0 saturated carbocycles. The third-order valence-electron chi connectivity index (χ3n) is 4.90. The monoisotopic (exact) mass is 383 g/mol. The summed E-state index contributed by atoms with van der Waals surface area (Å²) in [6.07, 6.45) is 6.90. The number of hydrogen-bond acceptors (Lipinski definition) is 5. The van der Waals surface area contributed by atoms with Crippen LogP contribution in [0.5, 0.6) is 0 Å². The first-order valence-electron chi connectivity index (χ1n) is 9.26. The lowest BCUT2D eigenvalue weighted by Gasteiger charge is -2.12. The molecule has 3 aromatic rings. The maximum absolute atomic E-state index is 12.2. The summed E-state index contributed by atoms with van der Waals surface area (Å²) >= 11 is 0. The first-order chi connectivity index (χ1) is 13.4. The van der Waals surface area contributed by atoms with Gasteiger partial charge in [0.1, 0.15) is 11.4 Å². The molecule has 0 spiro atoms. The van der Waals surface area contributed by atoms with Gasteiger partial charge in [-0.2, -0.15) is 5.10 Å². The fourth-order valence-corrected chi connectivity index (χ4v) is 3.29. The molecule has 0 atom stereocenters. The van der Waals surface area contributed by atoms with E-state index in [2.05, 4.69) is 25.0 Å². The minimum Gasteiger partial charge on any atom is -0.365 e. The number of primary amides is 1. The van der Waals surface area contributed by atoms with Crippen molar-refractivity contribution in [2.24, 2.45) is 5.73 Å². The topological polar surface area (TPSA) is 120 Å². The van der Waals surface area contributed by atoms with Crippen LogP contribution < -0.4 is 11.1 Å². The zero-order valence-corrected chi connectivity index (χ0v) is 16.4. The number of imidazole rings is 1. The first-order valence-corrected chi connectivity index (χ1v) is 9.26. The summed E-state index contributed by atoms with van der Waals surface area (Å²) in [5.74, 6) is 0.414. The number of carbonyl (C=O) groups is 2. The summed E-state index contributed by atoms with van der Waals surface area (Å²) < 4.78 is 3.66. The Labute approximate surface area is 163 Å². The maximum Gasteiger partial charge on any atom is 0.254 e. The van der Waals surface area contributed by atoms with Gasteiger partial charge in [-0.3, -0.25) is 9.59 Å². The Bertz CT molecular complexity index is 1020. The normalized spacial score (nSPS) is 11.1. The number of amides is 2. The molecule has 28 heavy (non-hydrogen) atoms. The average molecular weight is 383 g/mol. The van der Waals surface area contributed by atoms with Crippen LogP contribution in [0.3, 0.4) is 0 Å². The lowest BCUT2D eigenvalue weighted by molar-refractivity contribution is -0.121. The molecular weight excluding hydrogens is 358 g/mol. The van der Waals surface area contributed by atoms with Gasteiger partial charge in [-0.25, -0.2) is 14.5 Å². The molecule has 3 rings (SSSR count). The highest BCUT2D eigenvalue weighted by molar-refractivity contribution is 5.98. The number of nitrogens with one attached hydrogen (secondary N) is 1. The van der Waals surface area contributed by atoms with E-state index in [1.807, 2.05) is 27.0 Å². The number of aromatic nitrogens is 5. The van der Waals surface area contributed by atoms with Gasteiger partial charge in [0.25, 0.3) is 5.91 Å². The van der Waals surface area contributed by atoms with Crippen molar-refractivity contribution in [3.63, 3.8) is 0 Å². The summed E-state index contributed by atoms with van der Waals surface area (Å²) in [4.78, 5) is 32.3. The molecule has 3 heterocycles.